The summed E-state index contributed by atoms with van der Waals surface area (Å²) < 4.78 is 11.0. The van der Waals surface area contributed by atoms with Gasteiger partial charge in [0.15, 0.2) is 0 Å². The van der Waals surface area contributed by atoms with Crippen molar-refractivity contribution in [2.24, 2.45) is 5.92 Å². The fraction of sp³-hybridized carbons (Fsp3) is 0.526. The lowest BCUT2D eigenvalue weighted by Crippen LogP contribution is -2.17. The molecule has 4 heteroatoms. The molecule has 4 nitrogen and oxygen atoms in total. The van der Waals surface area contributed by atoms with E-state index >= 15 is 0 Å². The van der Waals surface area contributed by atoms with E-state index in [4.69, 9.17) is 14.5 Å². The normalized spacial score (nSPS) is 15.6. The molecule has 0 radical (unpaired) electrons. The van der Waals surface area contributed by atoms with Crippen molar-refractivity contribution in [2.75, 3.05) is 26.1 Å². The number of nitrogens with one attached hydrogen (secondary N) is 1. The lowest BCUT2D eigenvalue weighted by atomic mass is 9.89. The van der Waals surface area contributed by atoms with Crippen LogP contribution in [0.4, 0.5) is 5.82 Å². The molecule has 0 spiro atoms. The second-order valence-corrected chi connectivity index (χ2v) is 6.40. The van der Waals surface area contributed by atoms with Gasteiger partial charge >= 0.3 is 0 Å². The Hall–Kier alpha value is -1.97. The van der Waals surface area contributed by atoms with Crippen LogP contribution in [0, 0.1) is 12.8 Å². The fourth-order valence-corrected chi connectivity index (χ4v) is 3.54. The molecule has 0 unspecified atom stereocenters. The summed E-state index contributed by atoms with van der Waals surface area (Å²) in [6.07, 6.45) is 6.78. The number of ether oxygens (including phenoxy) is 2. The van der Waals surface area contributed by atoms with Crippen molar-refractivity contribution in [1.29, 1.82) is 0 Å². The average Bonchev–Trinajstić information content (AvgIpc) is 2.60. The summed E-state index contributed by atoms with van der Waals surface area (Å²) in [7, 11) is 3.37. The number of benzene rings is 1. The van der Waals surface area contributed by atoms with Gasteiger partial charge in [0, 0.05) is 11.9 Å². The van der Waals surface area contributed by atoms with Gasteiger partial charge in [0.25, 0.3) is 0 Å². The van der Waals surface area contributed by atoms with Gasteiger partial charge in [-0.1, -0.05) is 19.3 Å². The van der Waals surface area contributed by atoms with E-state index in [9.17, 15) is 0 Å². The van der Waals surface area contributed by atoms with Gasteiger partial charge in [0.1, 0.15) is 22.8 Å². The SMILES string of the molecule is COc1ccc(OC)c2c(C)cc(NCC3CCCCC3)nc12. The van der Waals surface area contributed by atoms with Gasteiger partial charge in [-0.3, -0.25) is 0 Å². The Balaban J connectivity index is 1.89. The zero-order valence-electron chi connectivity index (χ0n) is 14.3. The number of hydrogen-bond donors (Lipinski definition) is 1. The Morgan fingerprint density at radius 2 is 1.78 bits per heavy atom. The van der Waals surface area contributed by atoms with Crippen LogP contribution in [-0.4, -0.2) is 25.7 Å². The van der Waals surface area contributed by atoms with E-state index in [1.807, 2.05) is 12.1 Å². The van der Waals surface area contributed by atoms with Crippen molar-refractivity contribution in [2.45, 2.75) is 39.0 Å². The van der Waals surface area contributed by atoms with Crippen molar-refractivity contribution in [3.63, 3.8) is 0 Å². The molecule has 1 aliphatic carbocycles. The summed E-state index contributed by atoms with van der Waals surface area (Å²) in [5.41, 5.74) is 2.01. The second-order valence-electron chi connectivity index (χ2n) is 6.40. The maximum atomic E-state index is 5.49. The molecule has 0 amide bonds. The van der Waals surface area contributed by atoms with Crippen LogP contribution < -0.4 is 14.8 Å². The Bertz CT molecular complexity index is 679. The molecule has 0 bridgehead atoms. The van der Waals surface area contributed by atoms with E-state index in [0.29, 0.717) is 0 Å². The van der Waals surface area contributed by atoms with Crippen molar-refractivity contribution in [3.8, 4) is 11.5 Å². The molecule has 1 aromatic carbocycles. The molecule has 1 heterocycles. The van der Waals surface area contributed by atoms with E-state index in [-0.39, 0.29) is 0 Å². The highest BCUT2D eigenvalue weighted by Gasteiger charge is 2.15. The number of methoxy groups -OCH3 is 2. The quantitative estimate of drug-likeness (QED) is 0.879. The monoisotopic (exact) mass is 314 g/mol. The Labute approximate surface area is 138 Å². The molecular formula is C19H26N2O2. The topological polar surface area (TPSA) is 43.4 Å². The van der Waals surface area contributed by atoms with Crippen molar-refractivity contribution in [3.05, 3.63) is 23.8 Å². The number of hydrogen-bond acceptors (Lipinski definition) is 4. The van der Waals surface area contributed by atoms with Crippen LogP contribution in [0.25, 0.3) is 10.9 Å². The molecule has 2 aromatic rings. The van der Waals surface area contributed by atoms with Gasteiger partial charge in [-0.25, -0.2) is 4.98 Å². The molecule has 3 rings (SSSR count). The molecule has 1 fully saturated rings. The number of rotatable bonds is 5. The zero-order chi connectivity index (χ0) is 16.2. The van der Waals surface area contributed by atoms with Crippen LogP contribution >= 0.6 is 0 Å². The van der Waals surface area contributed by atoms with E-state index in [0.717, 1.165) is 46.2 Å². The van der Waals surface area contributed by atoms with Gasteiger partial charge in [-0.15, -0.1) is 0 Å². The molecule has 1 aromatic heterocycles. The summed E-state index contributed by atoms with van der Waals surface area (Å²) in [5, 5.41) is 4.55. The Morgan fingerprint density at radius 1 is 1.09 bits per heavy atom. The first-order chi connectivity index (χ1) is 11.2. The number of pyridine rings is 1. The maximum Gasteiger partial charge on any atom is 0.145 e. The summed E-state index contributed by atoms with van der Waals surface area (Å²) in [6.45, 7) is 3.10. The van der Waals surface area contributed by atoms with Crippen LogP contribution in [0.1, 0.15) is 37.7 Å². The zero-order valence-corrected chi connectivity index (χ0v) is 14.3. The molecule has 23 heavy (non-hydrogen) atoms. The first kappa shape index (κ1) is 15.9. The van der Waals surface area contributed by atoms with Crippen molar-refractivity contribution in [1.82, 2.24) is 4.98 Å². The van der Waals surface area contributed by atoms with Crippen molar-refractivity contribution >= 4 is 16.7 Å². The van der Waals surface area contributed by atoms with Gasteiger partial charge in [0.05, 0.1) is 14.2 Å². The van der Waals surface area contributed by atoms with E-state index < -0.39 is 0 Å². The molecule has 1 N–H and O–H groups in total. The smallest absolute Gasteiger partial charge is 0.145 e. The number of aryl methyl sites for hydroxylation is 1. The van der Waals surface area contributed by atoms with Crippen LogP contribution in [0.5, 0.6) is 11.5 Å². The second kappa shape index (κ2) is 7.07. The van der Waals surface area contributed by atoms with Crippen LogP contribution in [0.2, 0.25) is 0 Å². The van der Waals surface area contributed by atoms with Gasteiger partial charge in [-0.05, 0) is 49.4 Å². The molecule has 1 saturated carbocycles. The molecular weight excluding hydrogens is 288 g/mol. The highest BCUT2D eigenvalue weighted by Crippen LogP contribution is 2.35. The average molecular weight is 314 g/mol. The minimum Gasteiger partial charge on any atom is -0.496 e. The fourth-order valence-electron chi connectivity index (χ4n) is 3.54. The van der Waals surface area contributed by atoms with Gasteiger partial charge < -0.3 is 14.8 Å². The highest BCUT2D eigenvalue weighted by molar-refractivity contribution is 5.94. The summed E-state index contributed by atoms with van der Waals surface area (Å²) in [6, 6.07) is 5.95. The van der Waals surface area contributed by atoms with Crippen molar-refractivity contribution < 1.29 is 9.47 Å². The first-order valence-corrected chi connectivity index (χ1v) is 8.49. The lowest BCUT2D eigenvalue weighted by Gasteiger charge is -2.22. The Kier molecular flexibility index (Phi) is 4.89. The van der Waals surface area contributed by atoms with Crippen LogP contribution in [-0.2, 0) is 0 Å². The molecule has 0 saturated heterocycles. The van der Waals surface area contributed by atoms with Crippen LogP contribution in [0.3, 0.4) is 0 Å². The first-order valence-electron chi connectivity index (χ1n) is 8.49. The number of aromatic nitrogens is 1. The number of anilines is 1. The third kappa shape index (κ3) is 3.36. The Morgan fingerprint density at radius 3 is 2.48 bits per heavy atom. The lowest BCUT2D eigenvalue weighted by molar-refractivity contribution is 0.373. The van der Waals surface area contributed by atoms with E-state index in [1.165, 1.54) is 32.1 Å². The van der Waals surface area contributed by atoms with Crippen LogP contribution in [0.15, 0.2) is 18.2 Å². The highest BCUT2D eigenvalue weighted by atomic mass is 16.5. The third-order valence-corrected chi connectivity index (χ3v) is 4.82. The summed E-state index contributed by atoms with van der Waals surface area (Å²) in [5.74, 6) is 3.32. The minimum absolute atomic E-state index is 0.772. The number of nitrogens with zero attached hydrogens (tertiary/aromatic N) is 1. The minimum atomic E-state index is 0.772. The molecule has 1 aliphatic rings. The van der Waals surface area contributed by atoms with E-state index in [2.05, 4.69) is 18.3 Å². The predicted octanol–water partition coefficient (Wildman–Crippen LogP) is 4.55. The van der Waals surface area contributed by atoms with Gasteiger partial charge in [-0.2, -0.15) is 0 Å². The molecule has 0 atom stereocenters. The molecule has 0 aliphatic heterocycles. The predicted molar refractivity (Wildman–Crippen MR) is 94.6 cm³/mol. The van der Waals surface area contributed by atoms with Gasteiger partial charge in [0.2, 0.25) is 0 Å². The van der Waals surface area contributed by atoms with E-state index in [1.54, 1.807) is 14.2 Å². The third-order valence-electron chi connectivity index (χ3n) is 4.82. The maximum absolute atomic E-state index is 5.49. The molecule has 124 valence electrons. The summed E-state index contributed by atoms with van der Waals surface area (Å²) >= 11 is 0. The standard InChI is InChI=1S/C19H26N2O2/c1-13-11-17(20-12-14-7-5-4-6-8-14)21-19-16(23-3)10-9-15(22-2)18(13)19/h9-11,14H,4-8,12H2,1-3H3,(H,20,21). The largest absolute Gasteiger partial charge is 0.496 e. The summed E-state index contributed by atoms with van der Waals surface area (Å²) in [4.78, 5) is 4.78. The number of fused-ring (bicyclic) bond motifs is 1.